The number of carbonyl (C=O) groups excluding carboxylic acids is 1. The zero-order valence-electron chi connectivity index (χ0n) is 13.3. The van der Waals surface area contributed by atoms with Crippen LogP contribution in [-0.4, -0.2) is 25.5 Å². The summed E-state index contributed by atoms with van der Waals surface area (Å²) in [6, 6.07) is 11.9. The maximum atomic E-state index is 12.4. The molecule has 1 aliphatic rings. The molecule has 0 spiro atoms. The minimum absolute atomic E-state index is 0.0597. The third-order valence-corrected chi connectivity index (χ3v) is 4.27. The molecule has 0 saturated carbocycles. The molecule has 4 nitrogen and oxygen atoms in total. The van der Waals surface area contributed by atoms with Gasteiger partial charge in [0.1, 0.15) is 0 Å². The van der Waals surface area contributed by atoms with Crippen LogP contribution in [0.4, 0.5) is 17.1 Å². The highest BCUT2D eigenvalue weighted by atomic mass is 35.5. The quantitative estimate of drug-likeness (QED) is 0.899. The van der Waals surface area contributed by atoms with Gasteiger partial charge in [-0.3, -0.25) is 4.79 Å². The number of carbonyl (C=O) groups is 1. The van der Waals surface area contributed by atoms with Crippen molar-refractivity contribution in [1.29, 1.82) is 0 Å². The minimum Gasteiger partial charge on any atom is -0.382 e. The Morgan fingerprint density at radius 1 is 1.30 bits per heavy atom. The number of halogens is 1. The molecule has 0 saturated heterocycles. The third kappa shape index (κ3) is 3.42. The third-order valence-electron chi connectivity index (χ3n) is 3.97. The highest BCUT2D eigenvalue weighted by Crippen LogP contribution is 2.29. The Kier molecular flexibility index (Phi) is 4.44. The van der Waals surface area contributed by atoms with Gasteiger partial charge in [0.2, 0.25) is 5.91 Å². The molecular weight excluding hydrogens is 310 g/mol. The number of hydrogen-bond donors (Lipinski definition) is 2. The molecular formula is C18H20ClN3O. The van der Waals surface area contributed by atoms with Gasteiger partial charge in [0.15, 0.2) is 0 Å². The van der Waals surface area contributed by atoms with Gasteiger partial charge in [-0.05, 0) is 43.2 Å². The number of rotatable bonds is 3. The molecule has 2 N–H and O–H groups in total. The number of amides is 1. The van der Waals surface area contributed by atoms with Crippen LogP contribution in [0.1, 0.15) is 11.1 Å². The molecule has 0 aliphatic carbocycles. The number of para-hydroxylation sites is 2. The van der Waals surface area contributed by atoms with Crippen LogP contribution in [0.3, 0.4) is 0 Å². The largest absolute Gasteiger partial charge is 0.382 e. The Hall–Kier alpha value is -2.20. The van der Waals surface area contributed by atoms with Crippen LogP contribution in [0.25, 0.3) is 0 Å². The average molecular weight is 330 g/mol. The second-order valence-electron chi connectivity index (χ2n) is 5.85. The van der Waals surface area contributed by atoms with Crippen LogP contribution in [0.15, 0.2) is 36.4 Å². The number of hydrogen-bond acceptors (Lipinski definition) is 3. The zero-order chi connectivity index (χ0) is 16.4. The van der Waals surface area contributed by atoms with E-state index in [-0.39, 0.29) is 5.91 Å². The highest BCUT2D eigenvalue weighted by molar-refractivity contribution is 6.34. The van der Waals surface area contributed by atoms with E-state index in [4.69, 9.17) is 11.6 Å². The molecule has 0 aromatic heterocycles. The molecule has 1 aliphatic heterocycles. The maximum absolute atomic E-state index is 12.4. The molecule has 5 heteroatoms. The molecule has 0 unspecified atom stereocenters. The first-order chi connectivity index (χ1) is 11.0. The van der Waals surface area contributed by atoms with Crippen LogP contribution < -0.4 is 15.5 Å². The topological polar surface area (TPSA) is 44.4 Å². The Morgan fingerprint density at radius 2 is 2.09 bits per heavy atom. The van der Waals surface area contributed by atoms with Crippen LogP contribution >= 0.6 is 11.6 Å². The van der Waals surface area contributed by atoms with Crippen molar-refractivity contribution in [3.05, 3.63) is 52.5 Å². The Bertz CT molecular complexity index is 722. The van der Waals surface area contributed by atoms with E-state index in [9.17, 15) is 4.79 Å². The lowest BCUT2D eigenvalue weighted by atomic mass is 10.1. The summed E-state index contributed by atoms with van der Waals surface area (Å²) < 4.78 is 0. The molecule has 0 atom stereocenters. The summed E-state index contributed by atoms with van der Waals surface area (Å²) in [5, 5.41) is 6.88. The van der Waals surface area contributed by atoms with Crippen molar-refractivity contribution in [3.8, 4) is 0 Å². The van der Waals surface area contributed by atoms with Crippen LogP contribution in [0.2, 0.25) is 5.02 Å². The lowest BCUT2D eigenvalue weighted by Gasteiger charge is -2.31. The lowest BCUT2D eigenvalue weighted by Crippen LogP contribution is -2.39. The first-order valence-electron chi connectivity index (χ1n) is 7.69. The summed E-state index contributed by atoms with van der Waals surface area (Å²) in [5.74, 6) is -0.0597. The van der Waals surface area contributed by atoms with Gasteiger partial charge in [-0.2, -0.15) is 0 Å². The Balaban J connectivity index is 1.74. The molecule has 120 valence electrons. The van der Waals surface area contributed by atoms with E-state index in [0.29, 0.717) is 17.3 Å². The molecule has 2 aromatic carbocycles. The van der Waals surface area contributed by atoms with Crippen molar-refractivity contribution in [3.63, 3.8) is 0 Å². The predicted octanol–water partition coefficient (Wildman–Crippen LogP) is 3.83. The van der Waals surface area contributed by atoms with E-state index in [2.05, 4.69) is 15.5 Å². The van der Waals surface area contributed by atoms with Gasteiger partial charge in [-0.15, -0.1) is 0 Å². The van der Waals surface area contributed by atoms with E-state index < -0.39 is 0 Å². The summed E-state index contributed by atoms with van der Waals surface area (Å²) in [6.45, 7) is 5.87. The van der Waals surface area contributed by atoms with E-state index in [1.807, 2.05) is 50.2 Å². The molecule has 3 rings (SSSR count). The fourth-order valence-corrected chi connectivity index (χ4v) is 3.30. The monoisotopic (exact) mass is 329 g/mol. The lowest BCUT2D eigenvalue weighted by molar-refractivity contribution is -0.115. The van der Waals surface area contributed by atoms with E-state index in [1.54, 1.807) is 0 Å². The van der Waals surface area contributed by atoms with E-state index >= 15 is 0 Å². The van der Waals surface area contributed by atoms with Gasteiger partial charge < -0.3 is 15.5 Å². The van der Waals surface area contributed by atoms with Crippen LogP contribution in [-0.2, 0) is 4.79 Å². The highest BCUT2D eigenvalue weighted by Gasteiger charge is 2.19. The van der Waals surface area contributed by atoms with Crippen molar-refractivity contribution in [2.45, 2.75) is 13.8 Å². The van der Waals surface area contributed by atoms with Crippen molar-refractivity contribution >= 4 is 34.6 Å². The van der Waals surface area contributed by atoms with Crippen molar-refractivity contribution < 1.29 is 4.79 Å². The number of nitrogens with zero attached hydrogens (tertiary/aromatic N) is 1. The number of fused-ring (bicyclic) bond motifs is 1. The zero-order valence-corrected chi connectivity index (χ0v) is 14.1. The molecule has 0 fully saturated rings. The van der Waals surface area contributed by atoms with Gasteiger partial charge >= 0.3 is 0 Å². The normalized spacial score (nSPS) is 13.3. The summed E-state index contributed by atoms with van der Waals surface area (Å²) in [4.78, 5) is 14.5. The van der Waals surface area contributed by atoms with Crippen LogP contribution in [0, 0.1) is 13.8 Å². The number of nitrogens with one attached hydrogen (secondary N) is 2. The van der Waals surface area contributed by atoms with Gasteiger partial charge in [0.25, 0.3) is 0 Å². The fraction of sp³-hybridized carbons (Fsp3) is 0.278. The second-order valence-corrected chi connectivity index (χ2v) is 6.26. The van der Waals surface area contributed by atoms with Gasteiger partial charge in [0, 0.05) is 13.1 Å². The smallest absolute Gasteiger partial charge is 0.243 e. The van der Waals surface area contributed by atoms with Crippen molar-refractivity contribution in [2.24, 2.45) is 0 Å². The number of benzene rings is 2. The van der Waals surface area contributed by atoms with Gasteiger partial charge in [0.05, 0.1) is 28.6 Å². The second kappa shape index (κ2) is 6.50. The summed E-state index contributed by atoms with van der Waals surface area (Å²) in [6.07, 6.45) is 0. The molecule has 1 heterocycles. The average Bonchev–Trinajstić information content (AvgIpc) is 2.51. The van der Waals surface area contributed by atoms with Crippen molar-refractivity contribution in [1.82, 2.24) is 0 Å². The SMILES string of the molecule is Cc1cc(C)c(NC(=O)CN2CCNc3ccccc32)c(Cl)c1. The first kappa shape index (κ1) is 15.7. The number of aryl methyl sites for hydroxylation is 2. The molecule has 23 heavy (non-hydrogen) atoms. The first-order valence-corrected chi connectivity index (χ1v) is 8.07. The van der Waals surface area contributed by atoms with E-state index in [0.717, 1.165) is 35.6 Å². The Morgan fingerprint density at radius 3 is 2.87 bits per heavy atom. The van der Waals surface area contributed by atoms with E-state index in [1.165, 1.54) is 0 Å². The maximum Gasteiger partial charge on any atom is 0.243 e. The number of anilines is 3. The van der Waals surface area contributed by atoms with Crippen molar-refractivity contribution in [2.75, 3.05) is 35.2 Å². The van der Waals surface area contributed by atoms with Gasteiger partial charge in [-0.25, -0.2) is 0 Å². The summed E-state index contributed by atoms with van der Waals surface area (Å²) in [7, 11) is 0. The molecule has 0 radical (unpaired) electrons. The Labute approximate surface area is 141 Å². The minimum atomic E-state index is -0.0597. The summed E-state index contributed by atoms with van der Waals surface area (Å²) >= 11 is 6.26. The molecule has 1 amide bonds. The predicted molar refractivity (Wildman–Crippen MR) is 96.7 cm³/mol. The summed E-state index contributed by atoms with van der Waals surface area (Å²) in [5.41, 5.74) is 4.88. The standard InChI is InChI=1S/C18H20ClN3O/c1-12-9-13(2)18(14(19)10-12)21-17(23)11-22-8-7-20-15-5-3-4-6-16(15)22/h3-6,9-10,20H,7-8,11H2,1-2H3,(H,21,23). The fourth-order valence-electron chi connectivity index (χ4n) is 2.94. The van der Waals surface area contributed by atoms with Crippen LogP contribution in [0.5, 0.6) is 0 Å². The van der Waals surface area contributed by atoms with Gasteiger partial charge in [-0.1, -0.05) is 29.8 Å². The molecule has 0 bridgehead atoms. The molecule has 2 aromatic rings.